The maximum Gasteiger partial charge on any atom is 0.292 e. The highest BCUT2D eigenvalue weighted by Gasteiger charge is 2.59. The minimum absolute atomic E-state index is 0.00610. The molecule has 0 aliphatic carbocycles. The standard InChI is InChI=1S/C20H19N3O6/c1-19(2)14-6-5-7-15(23(26)27)17(14)21(3)20(19)9-8-12-10-13(22(24)25)11-16(28-4)18(12)29-20/h5-11H,1-4H3. The second-order valence-electron chi connectivity index (χ2n) is 7.57. The number of hydrogen-bond donors (Lipinski definition) is 0. The summed E-state index contributed by atoms with van der Waals surface area (Å²) in [5.74, 6) is 0.587. The van der Waals surface area contributed by atoms with Crippen molar-refractivity contribution < 1.29 is 19.3 Å². The van der Waals surface area contributed by atoms with Crippen molar-refractivity contribution in [1.82, 2.24) is 0 Å². The smallest absolute Gasteiger partial charge is 0.292 e. The lowest BCUT2D eigenvalue weighted by atomic mass is 9.76. The summed E-state index contributed by atoms with van der Waals surface area (Å²) in [7, 11) is 3.16. The zero-order chi connectivity index (χ0) is 21.1. The number of non-ortho nitro benzene ring substituents is 1. The van der Waals surface area contributed by atoms with E-state index in [1.54, 1.807) is 30.2 Å². The first kappa shape index (κ1) is 18.7. The number of methoxy groups -OCH3 is 1. The molecule has 1 unspecified atom stereocenters. The Morgan fingerprint density at radius 2 is 1.86 bits per heavy atom. The molecule has 2 heterocycles. The van der Waals surface area contributed by atoms with Gasteiger partial charge in [0.1, 0.15) is 5.69 Å². The van der Waals surface area contributed by atoms with Crippen LogP contribution in [0.25, 0.3) is 6.08 Å². The lowest BCUT2D eigenvalue weighted by Gasteiger charge is -2.45. The van der Waals surface area contributed by atoms with Gasteiger partial charge in [-0.1, -0.05) is 12.1 Å². The Bertz CT molecular complexity index is 1090. The van der Waals surface area contributed by atoms with Crippen molar-refractivity contribution >= 4 is 23.1 Å². The van der Waals surface area contributed by atoms with E-state index in [1.807, 2.05) is 19.9 Å². The van der Waals surface area contributed by atoms with Crippen LogP contribution in [0, 0.1) is 20.2 Å². The molecule has 0 aromatic heterocycles. The molecule has 0 saturated heterocycles. The fourth-order valence-electron chi connectivity index (χ4n) is 4.32. The van der Waals surface area contributed by atoms with Crippen LogP contribution >= 0.6 is 0 Å². The zero-order valence-electron chi connectivity index (χ0n) is 16.3. The van der Waals surface area contributed by atoms with Gasteiger partial charge in [-0.25, -0.2) is 0 Å². The first-order chi connectivity index (χ1) is 13.6. The molecule has 0 fully saturated rings. The van der Waals surface area contributed by atoms with Gasteiger partial charge in [-0.2, -0.15) is 0 Å². The normalized spacial score (nSPS) is 20.8. The number of ether oxygens (including phenoxy) is 2. The third-order valence-electron chi connectivity index (χ3n) is 5.86. The number of nitro benzene ring substituents is 2. The minimum atomic E-state index is -1.07. The predicted molar refractivity (Wildman–Crippen MR) is 107 cm³/mol. The van der Waals surface area contributed by atoms with Crippen molar-refractivity contribution in [2.24, 2.45) is 0 Å². The largest absolute Gasteiger partial charge is 0.493 e. The molecule has 2 aromatic carbocycles. The quantitative estimate of drug-likeness (QED) is 0.568. The Morgan fingerprint density at radius 1 is 1.14 bits per heavy atom. The molecule has 0 radical (unpaired) electrons. The number of likely N-dealkylation sites (N-methyl/N-ethyl adjacent to an activating group) is 1. The predicted octanol–water partition coefficient (Wildman–Crippen LogP) is 4.04. The molecule has 1 spiro atoms. The summed E-state index contributed by atoms with van der Waals surface area (Å²) in [6, 6.07) is 7.71. The second kappa shape index (κ2) is 5.94. The van der Waals surface area contributed by atoms with Crippen LogP contribution in [0.3, 0.4) is 0 Å². The summed E-state index contributed by atoms with van der Waals surface area (Å²) in [6.07, 6.45) is 3.53. The molecular formula is C20H19N3O6. The Hall–Kier alpha value is -3.62. The van der Waals surface area contributed by atoms with Crippen molar-refractivity contribution in [3.8, 4) is 11.5 Å². The van der Waals surface area contributed by atoms with E-state index in [1.165, 1.54) is 25.3 Å². The lowest BCUT2D eigenvalue weighted by Crippen LogP contribution is -2.58. The number of para-hydroxylation sites is 1. The molecule has 150 valence electrons. The van der Waals surface area contributed by atoms with E-state index in [9.17, 15) is 20.2 Å². The Labute approximate surface area is 166 Å². The molecule has 0 amide bonds. The Kier molecular flexibility index (Phi) is 3.83. The van der Waals surface area contributed by atoms with Gasteiger partial charge in [-0.3, -0.25) is 20.2 Å². The molecule has 0 saturated carbocycles. The summed E-state index contributed by atoms with van der Waals surface area (Å²) in [5, 5.41) is 22.8. The van der Waals surface area contributed by atoms with Crippen molar-refractivity contribution in [2.75, 3.05) is 19.1 Å². The van der Waals surface area contributed by atoms with Gasteiger partial charge in [-0.05, 0) is 31.6 Å². The third-order valence-corrected chi connectivity index (χ3v) is 5.86. The zero-order valence-corrected chi connectivity index (χ0v) is 16.3. The van der Waals surface area contributed by atoms with Gasteiger partial charge in [0, 0.05) is 24.7 Å². The number of fused-ring (bicyclic) bond motifs is 2. The average molecular weight is 397 g/mol. The third kappa shape index (κ3) is 2.33. The molecule has 9 nitrogen and oxygen atoms in total. The molecule has 2 aliphatic heterocycles. The maximum atomic E-state index is 11.6. The van der Waals surface area contributed by atoms with Crippen LogP contribution in [0.1, 0.15) is 25.0 Å². The van der Waals surface area contributed by atoms with Crippen molar-refractivity contribution in [2.45, 2.75) is 25.0 Å². The van der Waals surface area contributed by atoms with Crippen LogP contribution in [0.2, 0.25) is 0 Å². The van der Waals surface area contributed by atoms with E-state index >= 15 is 0 Å². The molecule has 1 atom stereocenters. The van der Waals surface area contributed by atoms with Gasteiger partial charge in [0.2, 0.25) is 5.72 Å². The van der Waals surface area contributed by atoms with Crippen LogP contribution in [0.5, 0.6) is 11.5 Å². The summed E-state index contributed by atoms with van der Waals surface area (Å²) in [4.78, 5) is 23.7. The van der Waals surface area contributed by atoms with Gasteiger partial charge in [0.25, 0.3) is 11.4 Å². The SMILES string of the molecule is COc1cc([N+](=O)[O-])cc2c1OC1(C=C2)N(C)c2c([N+](=O)[O-])cccc2C1(C)C. The first-order valence-electron chi connectivity index (χ1n) is 8.90. The van der Waals surface area contributed by atoms with Gasteiger partial charge in [0.15, 0.2) is 11.5 Å². The number of anilines is 1. The lowest BCUT2D eigenvalue weighted by molar-refractivity contribution is -0.385. The molecular weight excluding hydrogens is 378 g/mol. The number of benzene rings is 2. The molecule has 0 bridgehead atoms. The van der Waals surface area contributed by atoms with Crippen molar-refractivity contribution in [1.29, 1.82) is 0 Å². The van der Waals surface area contributed by atoms with E-state index in [0.29, 0.717) is 17.0 Å². The maximum absolute atomic E-state index is 11.6. The number of rotatable bonds is 3. The highest BCUT2D eigenvalue weighted by molar-refractivity contribution is 5.79. The number of nitro groups is 2. The minimum Gasteiger partial charge on any atom is -0.493 e. The summed E-state index contributed by atoms with van der Waals surface area (Å²) < 4.78 is 11.8. The number of hydrogen-bond acceptors (Lipinski definition) is 7. The summed E-state index contributed by atoms with van der Waals surface area (Å²) in [5.41, 5.74) is -0.0748. The molecule has 29 heavy (non-hydrogen) atoms. The highest BCUT2D eigenvalue weighted by atomic mass is 16.6. The van der Waals surface area contributed by atoms with Gasteiger partial charge < -0.3 is 14.4 Å². The van der Waals surface area contributed by atoms with Crippen molar-refractivity contribution in [3.63, 3.8) is 0 Å². The van der Waals surface area contributed by atoms with E-state index in [0.717, 1.165) is 5.56 Å². The fourth-order valence-corrected chi connectivity index (χ4v) is 4.32. The Balaban J connectivity index is 1.92. The van der Waals surface area contributed by atoms with Crippen LogP contribution in [0.4, 0.5) is 17.1 Å². The molecule has 0 N–H and O–H groups in total. The summed E-state index contributed by atoms with van der Waals surface area (Å²) >= 11 is 0. The molecule has 4 rings (SSSR count). The monoisotopic (exact) mass is 397 g/mol. The van der Waals surface area contributed by atoms with Gasteiger partial charge in [0.05, 0.1) is 28.4 Å². The highest BCUT2D eigenvalue weighted by Crippen LogP contribution is 2.57. The second-order valence-corrected chi connectivity index (χ2v) is 7.57. The average Bonchev–Trinajstić information content (AvgIpc) is 2.85. The van der Waals surface area contributed by atoms with Crippen LogP contribution < -0.4 is 14.4 Å². The van der Waals surface area contributed by atoms with E-state index in [-0.39, 0.29) is 17.1 Å². The topological polar surface area (TPSA) is 108 Å². The summed E-state index contributed by atoms with van der Waals surface area (Å²) in [6.45, 7) is 3.90. The molecule has 9 heteroatoms. The molecule has 2 aromatic rings. The van der Waals surface area contributed by atoms with Gasteiger partial charge >= 0.3 is 0 Å². The van der Waals surface area contributed by atoms with Crippen LogP contribution in [-0.2, 0) is 5.41 Å². The Morgan fingerprint density at radius 3 is 2.48 bits per heavy atom. The van der Waals surface area contributed by atoms with E-state index in [4.69, 9.17) is 9.47 Å². The van der Waals surface area contributed by atoms with Crippen molar-refractivity contribution in [3.05, 3.63) is 67.8 Å². The first-order valence-corrected chi connectivity index (χ1v) is 8.90. The van der Waals surface area contributed by atoms with Gasteiger partial charge in [-0.15, -0.1) is 0 Å². The number of nitrogens with zero attached hydrogens (tertiary/aromatic N) is 3. The fraction of sp³-hybridized carbons (Fsp3) is 0.300. The van der Waals surface area contributed by atoms with E-state index < -0.39 is 21.0 Å². The van der Waals surface area contributed by atoms with E-state index in [2.05, 4.69) is 0 Å². The van der Waals surface area contributed by atoms with Crippen LogP contribution in [0.15, 0.2) is 36.4 Å². The molecule has 2 aliphatic rings. The van der Waals surface area contributed by atoms with Crippen LogP contribution in [-0.4, -0.2) is 29.7 Å².